The molecule has 2 aromatic rings. The van der Waals surface area contributed by atoms with Gasteiger partial charge in [0.1, 0.15) is 0 Å². The molecule has 0 aromatic carbocycles. The van der Waals surface area contributed by atoms with Crippen LogP contribution in [0, 0.1) is 0 Å². The van der Waals surface area contributed by atoms with Crippen LogP contribution in [-0.2, 0) is 13.1 Å². The molecule has 0 bridgehead atoms. The molecule has 2 aromatic heterocycles. The van der Waals surface area contributed by atoms with E-state index in [1.165, 1.54) is 0 Å². The van der Waals surface area contributed by atoms with Crippen molar-refractivity contribution in [3.63, 3.8) is 0 Å². The Kier molecular flexibility index (Phi) is 3.19. The van der Waals surface area contributed by atoms with Crippen LogP contribution in [-0.4, -0.2) is 20.4 Å². The van der Waals surface area contributed by atoms with Gasteiger partial charge >= 0.3 is 0 Å². The van der Waals surface area contributed by atoms with Crippen molar-refractivity contribution >= 4 is 6.29 Å². The molecule has 84 valence electrons. The maximum absolute atomic E-state index is 10.8. The zero-order chi connectivity index (χ0) is 11.4. The summed E-state index contributed by atoms with van der Waals surface area (Å²) < 4.78 is 4.05. The molecule has 0 saturated heterocycles. The van der Waals surface area contributed by atoms with E-state index in [9.17, 15) is 4.79 Å². The van der Waals surface area contributed by atoms with Crippen molar-refractivity contribution in [3.05, 3.63) is 42.2 Å². The van der Waals surface area contributed by atoms with E-state index in [0.29, 0.717) is 12.2 Å². The monoisotopic (exact) mass is 217 g/mol. The average Bonchev–Trinajstić information content (AvgIpc) is 2.89. The lowest BCUT2D eigenvalue weighted by molar-refractivity contribution is 0.111. The van der Waals surface area contributed by atoms with Crippen LogP contribution in [0.2, 0.25) is 0 Å². The first-order valence-corrected chi connectivity index (χ1v) is 5.44. The van der Waals surface area contributed by atoms with Gasteiger partial charge in [-0.1, -0.05) is 6.92 Å². The lowest BCUT2D eigenvalue weighted by Gasteiger charge is -2.08. The summed E-state index contributed by atoms with van der Waals surface area (Å²) in [5.74, 6) is 0. The summed E-state index contributed by atoms with van der Waals surface area (Å²) >= 11 is 0. The van der Waals surface area contributed by atoms with Gasteiger partial charge in [-0.25, -0.2) is 4.98 Å². The molecule has 16 heavy (non-hydrogen) atoms. The van der Waals surface area contributed by atoms with Crippen LogP contribution in [0.4, 0.5) is 0 Å². The van der Waals surface area contributed by atoms with Gasteiger partial charge in [-0.05, 0) is 18.6 Å². The second-order valence-electron chi connectivity index (χ2n) is 3.76. The van der Waals surface area contributed by atoms with E-state index < -0.39 is 0 Å². The third-order valence-corrected chi connectivity index (χ3v) is 2.58. The highest BCUT2D eigenvalue weighted by atomic mass is 16.1. The Balaban J connectivity index is 2.20. The number of nitrogens with zero attached hydrogens (tertiary/aromatic N) is 3. The molecule has 0 fully saturated rings. The summed E-state index contributed by atoms with van der Waals surface area (Å²) in [7, 11) is 0. The number of aromatic nitrogens is 3. The van der Waals surface area contributed by atoms with Crippen LogP contribution >= 0.6 is 0 Å². The van der Waals surface area contributed by atoms with Crippen LogP contribution in [0.25, 0.3) is 0 Å². The highest BCUT2D eigenvalue weighted by Crippen LogP contribution is 2.07. The minimum Gasteiger partial charge on any atom is -0.339 e. The first kappa shape index (κ1) is 10.7. The van der Waals surface area contributed by atoms with Gasteiger partial charge in [0.05, 0.1) is 24.3 Å². The molecule has 0 aliphatic carbocycles. The molecule has 0 aliphatic heterocycles. The van der Waals surface area contributed by atoms with Gasteiger partial charge in [0.15, 0.2) is 6.29 Å². The van der Waals surface area contributed by atoms with E-state index in [2.05, 4.69) is 16.5 Å². The summed E-state index contributed by atoms with van der Waals surface area (Å²) in [5.41, 5.74) is 1.82. The normalized spacial score (nSPS) is 10.6. The Morgan fingerprint density at radius 1 is 1.44 bits per heavy atom. The third-order valence-electron chi connectivity index (χ3n) is 2.58. The summed E-state index contributed by atoms with van der Waals surface area (Å²) in [6, 6.07) is 3.69. The molecule has 0 aliphatic rings. The van der Waals surface area contributed by atoms with E-state index >= 15 is 0 Å². The first-order chi connectivity index (χ1) is 7.85. The van der Waals surface area contributed by atoms with E-state index in [1.807, 2.05) is 35.4 Å². The summed E-state index contributed by atoms with van der Waals surface area (Å²) in [5, 5.41) is 0. The number of aryl methyl sites for hydroxylation is 1. The maximum Gasteiger partial charge on any atom is 0.166 e. The number of carbonyl (C=O) groups is 1. The van der Waals surface area contributed by atoms with Gasteiger partial charge in [0.2, 0.25) is 0 Å². The van der Waals surface area contributed by atoms with Gasteiger partial charge < -0.3 is 9.13 Å². The van der Waals surface area contributed by atoms with Crippen molar-refractivity contribution in [2.45, 2.75) is 26.4 Å². The molecule has 0 saturated carbocycles. The van der Waals surface area contributed by atoms with Crippen LogP contribution < -0.4 is 0 Å². The van der Waals surface area contributed by atoms with E-state index in [1.54, 1.807) is 0 Å². The van der Waals surface area contributed by atoms with Crippen molar-refractivity contribution in [1.29, 1.82) is 0 Å². The first-order valence-electron chi connectivity index (χ1n) is 5.44. The number of rotatable bonds is 5. The molecule has 4 nitrogen and oxygen atoms in total. The number of imidazole rings is 1. The zero-order valence-corrected chi connectivity index (χ0v) is 9.34. The molecule has 0 radical (unpaired) electrons. The van der Waals surface area contributed by atoms with E-state index in [4.69, 9.17) is 0 Å². The molecular formula is C12H15N3O. The predicted molar refractivity (Wildman–Crippen MR) is 61.4 cm³/mol. The zero-order valence-electron chi connectivity index (χ0n) is 9.34. The fourth-order valence-corrected chi connectivity index (χ4v) is 1.77. The Bertz CT molecular complexity index is 470. The Labute approximate surface area is 94.5 Å². The molecular weight excluding hydrogens is 202 g/mol. The lowest BCUT2D eigenvalue weighted by atomic mass is 10.4. The molecule has 0 amide bonds. The smallest absolute Gasteiger partial charge is 0.166 e. The second-order valence-corrected chi connectivity index (χ2v) is 3.76. The quantitative estimate of drug-likeness (QED) is 0.718. The molecule has 2 heterocycles. The highest BCUT2D eigenvalue weighted by Gasteiger charge is 2.04. The molecule has 0 atom stereocenters. The van der Waals surface area contributed by atoms with Crippen LogP contribution in [0.3, 0.4) is 0 Å². The van der Waals surface area contributed by atoms with Crippen LogP contribution in [0.5, 0.6) is 0 Å². The maximum atomic E-state index is 10.8. The second kappa shape index (κ2) is 4.79. The summed E-state index contributed by atoms with van der Waals surface area (Å²) in [4.78, 5) is 14.9. The third kappa shape index (κ3) is 2.05. The Hall–Kier alpha value is -1.84. The SMILES string of the molecule is CCCn1cncc1Cn1cccc1C=O. The fourth-order valence-electron chi connectivity index (χ4n) is 1.77. The van der Waals surface area contributed by atoms with Crippen molar-refractivity contribution in [1.82, 2.24) is 14.1 Å². The summed E-state index contributed by atoms with van der Waals surface area (Å²) in [6.07, 6.45) is 7.55. The minimum atomic E-state index is 0.696. The van der Waals surface area contributed by atoms with Gasteiger partial charge in [-0.3, -0.25) is 4.79 Å². The van der Waals surface area contributed by atoms with Gasteiger partial charge in [0, 0.05) is 18.9 Å². The average molecular weight is 217 g/mol. The predicted octanol–water partition coefficient (Wildman–Crippen LogP) is 1.96. The highest BCUT2D eigenvalue weighted by molar-refractivity contribution is 5.72. The number of hydrogen-bond acceptors (Lipinski definition) is 2. The molecule has 0 spiro atoms. The van der Waals surface area contributed by atoms with Crippen molar-refractivity contribution in [3.8, 4) is 0 Å². The number of carbonyl (C=O) groups excluding carboxylic acids is 1. The Morgan fingerprint density at radius 3 is 3.06 bits per heavy atom. The Morgan fingerprint density at radius 2 is 2.31 bits per heavy atom. The fraction of sp³-hybridized carbons (Fsp3) is 0.333. The topological polar surface area (TPSA) is 39.8 Å². The van der Waals surface area contributed by atoms with Gasteiger partial charge in [0.25, 0.3) is 0 Å². The van der Waals surface area contributed by atoms with Crippen molar-refractivity contribution in [2.75, 3.05) is 0 Å². The molecule has 0 N–H and O–H groups in total. The number of aldehydes is 1. The molecule has 0 unspecified atom stereocenters. The number of hydrogen-bond donors (Lipinski definition) is 0. The molecule has 4 heteroatoms. The van der Waals surface area contributed by atoms with Gasteiger partial charge in [-0.2, -0.15) is 0 Å². The summed E-state index contributed by atoms with van der Waals surface area (Å²) in [6.45, 7) is 3.80. The van der Waals surface area contributed by atoms with Crippen molar-refractivity contribution < 1.29 is 4.79 Å². The van der Waals surface area contributed by atoms with Crippen LogP contribution in [0.15, 0.2) is 30.9 Å². The van der Waals surface area contributed by atoms with E-state index in [-0.39, 0.29) is 0 Å². The standard InChI is InChI=1S/C12H15N3O/c1-2-5-15-10-13-7-12(15)8-14-6-3-4-11(14)9-16/h3-4,6-7,9-10H,2,5,8H2,1H3. The minimum absolute atomic E-state index is 0.696. The molecule has 2 rings (SSSR count). The van der Waals surface area contributed by atoms with E-state index in [0.717, 1.165) is 24.9 Å². The largest absolute Gasteiger partial charge is 0.339 e. The lowest BCUT2D eigenvalue weighted by Crippen LogP contribution is -2.08. The van der Waals surface area contributed by atoms with Gasteiger partial charge in [-0.15, -0.1) is 0 Å². The van der Waals surface area contributed by atoms with Crippen molar-refractivity contribution in [2.24, 2.45) is 0 Å². The van der Waals surface area contributed by atoms with Crippen LogP contribution in [0.1, 0.15) is 29.5 Å².